The minimum atomic E-state index is -0.859. The molecule has 1 rings (SSSR count). The Bertz CT molecular complexity index is 429. The lowest BCUT2D eigenvalue weighted by Gasteiger charge is -2.18. The number of ether oxygens (including phenoxy) is 1. The SMILES string of the molecule is CC(C)(C#N)Oc1ccc(CCC(=O)O)cc1. The van der Waals surface area contributed by atoms with Crippen molar-refractivity contribution in [2.24, 2.45) is 0 Å². The minimum Gasteiger partial charge on any atom is -0.481 e. The topological polar surface area (TPSA) is 70.3 Å². The molecule has 0 saturated carbocycles. The first-order valence-corrected chi connectivity index (χ1v) is 5.34. The van der Waals surface area contributed by atoms with Crippen molar-refractivity contribution >= 4 is 5.97 Å². The minimum absolute atomic E-state index is 0.115. The van der Waals surface area contributed by atoms with Crippen molar-refractivity contribution in [2.45, 2.75) is 32.3 Å². The van der Waals surface area contributed by atoms with Crippen LogP contribution in [0.25, 0.3) is 0 Å². The maximum absolute atomic E-state index is 10.4. The summed E-state index contributed by atoms with van der Waals surface area (Å²) in [7, 11) is 0. The summed E-state index contributed by atoms with van der Waals surface area (Å²) in [6.07, 6.45) is 0.612. The normalized spacial score (nSPS) is 10.6. The number of benzene rings is 1. The van der Waals surface area contributed by atoms with Crippen LogP contribution in [0.1, 0.15) is 25.8 Å². The summed E-state index contributed by atoms with van der Waals surface area (Å²) in [4.78, 5) is 10.4. The number of aliphatic carboxylic acids is 1. The average Bonchev–Trinajstić information content (AvgIpc) is 2.28. The monoisotopic (exact) mass is 233 g/mol. The van der Waals surface area contributed by atoms with Crippen molar-refractivity contribution in [3.8, 4) is 11.8 Å². The van der Waals surface area contributed by atoms with Crippen molar-refractivity contribution < 1.29 is 14.6 Å². The van der Waals surface area contributed by atoms with Gasteiger partial charge in [-0.3, -0.25) is 4.79 Å². The third-order valence-electron chi connectivity index (χ3n) is 2.19. The first-order valence-electron chi connectivity index (χ1n) is 5.34. The molecule has 1 N–H and O–H groups in total. The predicted octanol–water partition coefficient (Wildman–Crippen LogP) is 2.38. The van der Waals surface area contributed by atoms with Crippen molar-refractivity contribution in [1.29, 1.82) is 5.26 Å². The molecule has 0 heterocycles. The van der Waals surface area contributed by atoms with Gasteiger partial charge in [-0.2, -0.15) is 5.26 Å². The Morgan fingerprint density at radius 1 is 1.41 bits per heavy atom. The van der Waals surface area contributed by atoms with Gasteiger partial charge in [0.2, 0.25) is 0 Å². The molecule has 0 bridgehead atoms. The van der Waals surface area contributed by atoms with E-state index in [1.165, 1.54) is 0 Å². The zero-order chi connectivity index (χ0) is 12.9. The van der Waals surface area contributed by atoms with Crippen LogP contribution in [0.2, 0.25) is 0 Å². The zero-order valence-corrected chi connectivity index (χ0v) is 9.93. The predicted molar refractivity (Wildman–Crippen MR) is 62.7 cm³/mol. The second kappa shape index (κ2) is 5.35. The van der Waals surface area contributed by atoms with Gasteiger partial charge in [0.1, 0.15) is 11.8 Å². The van der Waals surface area contributed by atoms with Gasteiger partial charge < -0.3 is 9.84 Å². The second-order valence-corrected chi connectivity index (χ2v) is 4.26. The fourth-order valence-electron chi connectivity index (χ4n) is 1.29. The van der Waals surface area contributed by atoms with Crippen LogP contribution in [0, 0.1) is 11.3 Å². The number of carboxylic acid groups (broad SMARTS) is 1. The van der Waals surface area contributed by atoms with Crippen LogP contribution in [-0.4, -0.2) is 16.7 Å². The molecule has 0 radical (unpaired) electrons. The number of carboxylic acids is 1. The Balaban J connectivity index is 2.63. The molecular weight excluding hydrogens is 218 g/mol. The molecule has 0 aliphatic carbocycles. The highest BCUT2D eigenvalue weighted by molar-refractivity contribution is 5.67. The summed E-state index contributed by atoms with van der Waals surface area (Å²) in [6, 6.07) is 9.16. The largest absolute Gasteiger partial charge is 0.481 e. The van der Waals surface area contributed by atoms with Crippen LogP contribution < -0.4 is 4.74 Å². The molecule has 0 saturated heterocycles. The van der Waals surface area contributed by atoms with Crippen molar-refractivity contribution in [1.82, 2.24) is 0 Å². The maximum Gasteiger partial charge on any atom is 0.303 e. The Morgan fingerprint density at radius 2 is 2.00 bits per heavy atom. The van der Waals surface area contributed by atoms with Crippen LogP contribution in [0.3, 0.4) is 0 Å². The van der Waals surface area contributed by atoms with Gasteiger partial charge in [0.15, 0.2) is 5.60 Å². The van der Waals surface area contributed by atoms with Gasteiger partial charge >= 0.3 is 5.97 Å². The average molecular weight is 233 g/mol. The third-order valence-corrected chi connectivity index (χ3v) is 2.19. The maximum atomic E-state index is 10.4. The summed E-state index contributed by atoms with van der Waals surface area (Å²) >= 11 is 0. The van der Waals surface area contributed by atoms with E-state index < -0.39 is 11.6 Å². The molecule has 0 amide bonds. The molecule has 0 spiro atoms. The Labute approximate surface area is 100 Å². The number of hydrogen-bond acceptors (Lipinski definition) is 3. The molecule has 0 aliphatic rings. The zero-order valence-electron chi connectivity index (χ0n) is 9.93. The number of carbonyl (C=O) groups is 1. The summed E-state index contributed by atoms with van der Waals surface area (Å²) in [6.45, 7) is 3.37. The molecule has 0 unspecified atom stereocenters. The van der Waals surface area contributed by atoms with E-state index in [9.17, 15) is 4.79 Å². The van der Waals surface area contributed by atoms with Crippen molar-refractivity contribution in [3.63, 3.8) is 0 Å². The van der Waals surface area contributed by atoms with Crippen LogP contribution in [-0.2, 0) is 11.2 Å². The van der Waals surface area contributed by atoms with Gasteiger partial charge in [-0.05, 0) is 38.0 Å². The molecule has 4 nitrogen and oxygen atoms in total. The Hall–Kier alpha value is -2.02. The van der Waals surface area contributed by atoms with E-state index >= 15 is 0 Å². The van der Waals surface area contributed by atoms with E-state index in [1.54, 1.807) is 26.0 Å². The van der Waals surface area contributed by atoms with Crippen LogP contribution in [0.5, 0.6) is 5.75 Å². The number of hydrogen-bond donors (Lipinski definition) is 1. The van der Waals surface area contributed by atoms with E-state index in [1.807, 2.05) is 18.2 Å². The fraction of sp³-hybridized carbons (Fsp3) is 0.385. The highest BCUT2D eigenvalue weighted by Crippen LogP contribution is 2.18. The molecule has 1 aromatic rings. The first-order chi connectivity index (χ1) is 7.93. The quantitative estimate of drug-likeness (QED) is 0.847. The van der Waals surface area contributed by atoms with Gasteiger partial charge in [-0.15, -0.1) is 0 Å². The highest BCUT2D eigenvalue weighted by Gasteiger charge is 2.17. The van der Waals surface area contributed by atoms with Gasteiger partial charge in [0.25, 0.3) is 0 Å². The number of rotatable bonds is 5. The Kier molecular flexibility index (Phi) is 4.11. The van der Waals surface area contributed by atoms with E-state index in [0.29, 0.717) is 12.2 Å². The van der Waals surface area contributed by atoms with Gasteiger partial charge in [0, 0.05) is 6.42 Å². The van der Waals surface area contributed by atoms with Crippen LogP contribution in [0.15, 0.2) is 24.3 Å². The lowest BCUT2D eigenvalue weighted by molar-refractivity contribution is -0.136. The molecule has 0 aliphatic heterocycles. The van der Waals surface area contributed by atoms with E-state index in [0.717, 1.165) is 5.56 Å². The second-order valence-electron chi connectivity index (χ2n) is 4.26. The lowest BCUT2D eigenvalue weighted by atomic mass is 10.1. The van der Waals surface area contributed by atoms with Crippen LogP contribution in [0.4, 0.5) is 0 Å². The highest BCUT2D eigenvalue weighted by atomic mass is 16.5. The standard InChI is InChI=1S/C13H15NO3/c1-13(2,9-14)17-11-6-3-10(4-7-11)5-8-12(15)16/h3-4,6-7H,5,8H2,1-2H3,(H,15,16). The number of nitriles is 1. The summed E-state index contributed by atoms with van der Waals surface area (Å²) in [5.41, 5.74) is 0.0808. The van der Waals surface area contributed by atoms with Crippen molar-refractivity contribution in [3.05, 3.63) is 29.8 Å². The number of aryl methyl sites for hydroxylation is 1. The summed E-state index contributed by atoms with van der Waals surface area (Å²) in [5, 5.41) is 17.4. The van der Waals surface area contributed by atoms with Crippen molar-refractivity contribution in [2.75, 3.05) is 0 Å². The molecule has 1 aromatic carbocycles. The first kappa shape index (κ1) is 13.0. The van der Waals surface area contributed by atoms with Gasteiger partial charge in [-0.1, -0.05) is 12.1 Å². The summed E-state index contributed by atoms with van der Waals surface area (Å²) < 4.78 is 5.45. The van der Waals surface area contributed by atoms with Crippen LogP contribution >= 0.6 is 0 Å². The molecule has 0 atom stereocenters. The van der Waals surface area contributed by atoms with Gasteiger partial charge in [-0.25, -0.2) is 0 Å². The lowest BCUT2D eigenvalue weighted by Crippen LogP contribution is -2.25. The fourth-order valence-corrected chi connectivity index (χ4v) is 1.29. The van der Waals surface area contributed by atoms with E-state index in [-0.39, 0.29) is 6.42 Å². The molecular formula is C13H15NO3. The molecule has 17 heavy (non-hydrogen) atoms. The number of nitrogens with zero attached hydrogens (tertiary/aromatic N) is 1. The van der Waals surface area contributed by atoms with Gasteiger partial charge in [0.05, 0.1) is 0 Å². The van der Waals surface area contributed by atoms with E-state index in [4.69, 9.17) is 15.1 Å². The molecule has 0 fully saturated rings. The molecule has 0 aromatic heterocycles. The smallest absolute Gasteiger partial charge is 0.303 e. The molecule has 90 valence electrons. The molecule has 4 heteroatoms. The Morgan fingerprint density at radius 3 is 2.47 bits per heavy atom. The third kappa shape index (κ3) is 4.56. The summed E-state index contributed by atoms with van der Waals surface area (Å²) in [5.74, 6) is -0.202. The van der Waals surface area contributed by atoms with E-state index in [2.05, 4.69) is 0 Å².